The maximum absolute atomic E-state index is 9.85. The van der Waals surface area contributed by atoms with Gasteiger partial charge in [0.15, 0.2) is 0 Å². The Bertz CT molecular complexity index is 236. The summed E-state index contributed by atoms with van der Waals surface area (Å²) in [5.41, 5.74) is 4.84. The van der Waals surface area contributed by atoms with Crippen molar-refractivity contribution in [2.45, 2.75) is 12.5 Å². The Morgan fingerprint density at radius 3 is 1.47 bits per heavy atom. The first-order chi connectivity index (χ1) is 8.88. The zero-order chi connectivity index (χ0) is 15.3. The molecule has 0 amide bonds. The lowest BCUT2D eigenvalue weighted by Crippen LogP contribution is -2.32. The van der Waals surface area contributed by atoms with E-state index in [-0.39, 0.29) is 19.8 Å². The zero-order valence-corrected chi connectivity index (χ0v) is 10.6. The van der Waals surface area contributed by atoms with Gasteiger partial charge in [-0.15, -0.1) is 0 Å². The Labute approximate surface area is 110 Å². The number of carboxylic acids is 2. The van der Waals surface area contributed by atoms with E-state index in [1.165, 1.54) is 0 Å². The molecular formula is C10H22N2O7. The highest BCUT2D eigenvalue weighted by molar-refractivity contribution is 5.80. The third kappa shape index (κ3) is 14.7. The third-order valence-corrected chi connectivity index (χ3v) is 1.96. The van der Waals surface area contributed by atoms with Gasteiger partial charge in [0, 0.05) is 19.6 Å². The number of carboxylic acid groups (broad SMARTS) is 2. The van der Waals surface area contributed by atoms with Gasteiger partial charge in [-0.1, -0.05) is 0 Å². The van der Waals surface area contributed by atoms with Gasteiger partial charge in [0.05, 0.1) is 26.2 Å². The van der Waals surface area contributed by atoms with Crippen LogP contribution in [0.3, 0.4) is 0 Å². The zero-order valence-electron chi connectivity index (χ0n) is 10.6. The molecule has 0 fully saturated rings. The van der Waals surface area contributed by atoms with E-state index in [1.807, 2.05) is 0 Å². The van der Waals surface area contributed by atoms with E-state index in [0.717, 1.165) is 0 Å². The van der Waals surface area contributed by atoms with Crippen LogP contribution in [0.5, 0.6) is 0 Å². The van der Waals surface area contributed by atoms with Crippen LogP contribution in [-0.2, 0) is 9.59 Å². The summed E-state index contributed by atoms with van der Waals surface area (Å²) < 4.78 is 0. The number of hydrogen-bond acceptors (Lipinski definition) is 7. The molecule has 0 aromatic heterocycles. The lowest BCUT2D eigenvalue weighted by atomic mass is 10.2. The Kier molecular flexibility index (Phi) is 13.9. The summed E-state index contributed by atoms with van der Waals surface area (Å²) in [4.78, 5) is 21.4. The molecule has 19 heavy (non-hydrogen) atoms. The standard InChI is InChI=1S/C6H15NO3.C4H7NO4/c8-4-1-7(2-5-9)3-6-10;5-2(4(8)9)1-3(6)7/h8-10H,1-6H2;2H,1,5H2,(H,6,7)(H,8,9)/t;2-/m.0/s1. The van der Waals surface area contributed by atoms with Crippen molar-refractivity contribution in [1.29, 1.82) is 0 Å². The van der Waals surface area contributed by atoms with Gasteiger partial charge in [-0.05, 0) is 0 Å². The van der Waals surface area contributed by atoms with Gasteiger partial charge in [-0.3, -0.25) is 14.5 Å². The Hall–Kier alpha value is -1.26. The summed E-state index contributed by atoms with van der Waals surface area (Å²) in [6.45, 7) is 1.75. The first-order valence-corrected chi connectivity index (χ1v) is 5.64. The van der Waals surface area contributed by atoms with Crippen molar-refractivity contribution in [3.05, 3.63) is 0 Å². The monoisotopic (exact) mass is 282 g/mol. The smallest absolute Gasteiger partial charge is 0.321 e. The van der Waals surface area contributed by atoms with Gasteiger partial charge >= 0.3 is 11.9 Å². The molecular weight excluding hydrogens is 260 g/mol. The quantitative estimate of drug-likeness (QED) is 0.261. The SMILES string of the molecule is N[C@@H](CC(=O)O)C(=O)O.OCCN(CCO)CCO. The van der Waals surface area contributed by atoms with E-state index in [2.05, 4.69) is 0 Å². The maximum atomic E-state index is 9.85. The van der Waals surface area contributed by atoms with Crippen LogP contribution < -0.4 is 5.73 Å². The Morgan fingerprint density at radius 2 is 1.32 bits per heavy atom. The largest absolute Gasteiger partial charge is 0.481 e. The number of aliphatic hydroxyl groups is 3. The minimum atomic E-state index is -1.29. The predicted molar refractivity (Wildman–Crippen MR) is 65.6 cm³/mol. The Morgan fingerprint density at radius 1 is 0.947 bits per heavy atom. The van der Waals surface area contributed by atoms with Crippen molar-refractivity contribution in [2.75, 3.05) is 39.5 Å². The van der Waals surface area contributed by atoms with Crippen molar-refractivity contribution in [1.82, 2.24) is 4.90 Å². The Balaban J connectivity index is 0. The molecule has 0 radical (unpaired) electrons. The number of rotatable bonds is 9. The molecule has 9 nitrogen and oxygen atoms in total. The van der Waals surface area contributed by atoms with Crippen LogP contribution in [0.1, 0.15) is 6.42 Å². The van der Waals surface area contributed by atoms with Crippen molar-refractivity contribution in [3.8, 4) is 0 Å². The number of nitrogens with two attached hydrogens (primary N) is 1. The van der Waals surface area contributed by atoms with E-state index < -0.39 is 24.4 Å². The molecule has 0 unspecified atom stereocenters. The van der Waals surface area contributed by atoms with Crippen molar-refractivity contribution >= 4 is 11.9 Å². The molecule has 114 valence electrons. The summed E-state index contributed by atoms with van der Waals surface area (Å²) >= 11 is 0. The molecule has 0 aliphatic heterocycles. The molecule has 0 bridgehead atoms. The third-order valence-electron chi connectivity index (χ3n) is 1.96. The van der Waals surface area contributed by atoms with E-state index in [9.17, 15) is 9.59 Å². The molecule has 0 spiro atoms. The van der Waals surface area contributed by atoms with Gasteiger partial charge in [0.25, 0.3) is 0 Å². The number of aliphatic hydroxyl groups excluding tert-OH is 3. The van der Waals surface area contributed by atoms with Crippen LogP contribution >= 0.6 is 0 Å². The first kappa shape index (κ1) is 20.1. The van der Waals surface area contributed by atoms with Crippen LogP contribution in [0.2, 0.25) is 0 Å². The molecule has 0 aliphatic rings. The molecule has 7 N–H and O–H groups in total. The average molecular weight is 282 g/mol. The average Bonchev–Trinajstić information content (AvgIpc) is 2.30. The van der Waals surface area contributed by atoms with Crippen LogP contribution in [0.25, 0.3) is 0 Å². The maximum Gasteiger partial charge on any atom is 0.321 e. The summed E-state index contributed by atoms with van der Waals surface area (Å²) in [5, 5.41) is 41.5. The highest BCUT2D eigenvalue weighted by Crippen LogP contribution is 1.86. The second-order valence-corrected chi connectivity index (χ2v) is 3.56. The van der Waals surface area contributed by atoms with Crippen LogP contribution in [0.15, 0.2) is 0 Å². The molecule has 0 rings (SSSR count). The van der Waals surface area contributed by atoms with Crippen molar-refractivity contribution in [3.63, 3.8) is 0 Å². The lowest BCUT2D eigenvalue weighted by molar-refractivity contribution is -0.144. The predicted octanol–water partition coefficient (Wildman–Crippen LogP) is -2.86. The van der Waals surface area contributed by atoms with Gasteiger partial charge in [-0.2, -0.15) is 0 Å². The molecule has 1 atom stereocenters. The minimum absolute atomic E-state index is 0.0694. The molecule has 0 aromatic rings. The van der Waals surface area contributed by atoms with Gasteiger partial charge < -0.3 is 31.3 Å². The van der Waals surface area contributed by atoms with Crippen LogP contribution in [0.4, 0.5) is 0 Å². The van der Waals surface area contributed by atoms with Crippen LogP contribution in [-0.4, -0.2) is 87.9 Å². The minimum Gasteiger partial charge on any atom is -0.481 e. The topological polar surface area (TPSA) is 165 Å². The molecule has 0 aliphatic carbocycles. The van der Waals surface area contributed by atoms with E-state index >= 15 is 0 Å². The molecule has 0 heterocycles. The number of hydrogen-bond donors (Lipinski definition) is 6. The normalized spacial score (nSPS) is 11.6. The first-order valence-electron chi connectivity index (χ1n) is 5.64. The fraction of sp³-hybridized carbons (Fsp3) is 0.800. The lowest BCUT2D eigenvalue weighted by Gasteiger charge is -2.17. The van der Waals surface area contributed by atoms with Crippen molar-refractivity contribution in [2.24, 2.45) is 5.73 Å². The number of nitrogens with zero attached hydrogens (tertiary/aromatic N) is 1. The fourth-order valence-electron chi connectivity index (χ4n) is 1.04. The second kappa shape index (κ2) is 13.2. The summed E-state index contributed by atoms with van der Waals surface area (Å²) in [5.74, 6) is -2.50. The van der Waals surface area contributed by atoms with E-state index in [1.54, 1.807) is 4.90 Å². The summed E-state index contributed by atoms with van der Waals surface area (Å²) in [7, 11) is 0. The molecule has 0 saturated heterocycles. The molecule has 0 aromatic carbocycles. The highest BCUT2D eigenvalue weighted by Gasteiger charge is 2.14. The molecule has 9 heteroatoms. The number of carbonyl (C=O) groups is 2. The van der Waals surface area contributed by atoms with Gasteiger partial charge in [-0.25, -0.2) is 0 Å². The van der Waals surface area contributed by atoms with Crippen molar-refractivity contribution < 1.29 is 35.1 Å². The summed E-state index contributed by atoms with van der Waals surface area (Å²) in [6, 6.07) is -1.29. The van der Waals surface area contributed by atoms with E-state index in [0.29, 0.717) is 19.6 Å². The van der Waals surface area contributed by atoms with E-state index in [4.69, 9.17) is 31.3 Å². The van der Waals surface area contributed by atoms with Gasteiger partial charge in [0.1, 0.15) is 6.04 Å². The molecule has 0 saturated carbocycles. The fourth-order valence-corrected chi connectivity index (χ4v) is 1.04. The number of aliphatic carboxylic acids is 2. The highest BCUT2D eigenvalue weighted by atomic mass is 16.4. The summed E-state index contributed by atoms with van der Waals surface area (Å²) in [6.07, 6.45) is -0.532. The van der Waals surface area contributed by atoms with Crippen LogP contribution in [0, 0.1) is 0 Å². The van der Waals surface area contributed by atoms with Gasteiger partial charge in [0.2, 0.25) is 0 Å². The second-order valence-electron chi connectivity index (χ2n) is 3.56.